The molecule has 3 heteroatoms. The first kappa shape index (κ1) is 15.1. The molecule has 0 aliphatic carbocycles. The summed E-state index contributed by atoms with van der Waals surface area (Å²) >= 11 is 0. The van der Waals surface area contributed by atoms with Crippen LogP contribution in [-0.2, 0) is 12.8 Å². The van der Waals surface area contributed by atoms with Crippen molar-refractivity contribution in [3.05, 3.63) is 65.2 Å². The van der Waals surface area contributed by atoms with Crippen LogP contribution in [0.5, 0.6) is 0 Å². The minimum absolute atomic E-state index is 0.161. The summed E-state index contributed by atoms with van der Waals surface area (Å²) < 4.78 is 0. The number of aryl methyl sites for hydroxylation is 2. The van der Waals surface area contributed by atoms with Gasteiger partial charge in [0.25, 0.3) is 0 Å². The van der Waals surface area contributed by atoms with Crippen LogP contribution >= 0.6 is 0 Å². The first-order chi connectivity index (χ1) is 10.2. The largest absolute Gasteiger partial charge is 0.338 e. The van der Waals surface area contributed by atoms with Gasteiger partial charge in [0, 0.05) is 12.2 Å². The van der Waals surface area contributed by atoms with Gasteiger partial charge in [-0.2, -0.15) is 0 Å². The van der Waals surface area contributed by atoms with E-state index in [0.717, 1.165) is 18.5 Å². The maximum atomic E-state index is 11.8. The van der Waals surface area contributed by atoms with Crippen molar-refractivity contribution in [3.8, 4) is 0 Å². The molecule has 0 fully saturated rings. The summed E-state index contributed by atoms with van der Waals surface area (Å²) in [6, 6.07) is 16.1. The van der Waals surface area contributed by atoms with Gasteiger partial charge in [0.2, 0.25) is 0 Å². The second kappa shape index (κ2) is 7.48. The van der Waals surface area contributed by atoms with E-state index >= 15 is 0 Å². The molecule has 0 unspecified atom stereocenters. The van der Waals surface area contributed by atoms with Crippen molar-refractivity contribution in [1.29, 1.82) is 0 Å². The number of carbonyl (C=O) groups excluding carboxylic acids is 1. The van der Waals surface area contributed by atoms with Crippen LogP contribution in [0, 0.1) is 6.92 Å². The predicted octanol–water partition coefficient (Wildman–Crippen LogP) is 3.92. The number of carbonyl (C=O) groups is 1. The highest BCUT2D eigenvalue weighted by Crippen LogP contribution is 2.09. The fourth-order valence-corrected chi connectivity index (χ4v) is 2.07. The van der Waals surface area contributed by atoms with Crippen LogP contribution in [0.4, 0.5) is 10.5 Å². The Morgan fingerprint density at radius 1 is 0.952 bits per heavy atom. The number of hydrogen-bond donors (Lipinski definition) is 2. The Morgan fingerprint density at radius 3 is 2.19 bits per heavy atom. The molecule has 2 aromatic rings. The van der Waals surface area contributed by atoms with E-state index in [0.29, 0.717) is 6.54 Å². The molecule has 2 aromatic carbocycles. The van der Waals surface area contributed by atoms with Crippen molar-refractivity contribution in [3.63, 3.8) is 0 Å². The lowest BCUT2D eigenvalue weighted by molar-refractivity contribution is 0.252. The first-order valence-corrected chi connectivity index (χ1v) is 7.36. The van der Waals surface area contributed by atoms with Gasteiger partial charge in [-0.1, -0.05) is 48.9 Å². The van der Waals surface area contributed by atoms with Gasteiger partial charge in [-0.05, 0) is 43.0 Å². The van der Waals surface area contributed by atoms with Gasteiger partial charge in [-0.15, -0.1) is 0 Å². The Bertz CT molecular complexity index is 573. The van der Waals surface area contributed by atoms with E-state index in [-0.39, 0.29) is 6.03 Å². The highest BCUT2D eigenvalue weighted by Gasteiger charge is 2.01. The number of anilines is 1. The third-order valence-corrected chi connectivity index (χ3v) is 3.44. The first-order valence-electron chi connectivity index (χ1n) is 7.36. The molecule has 0 saturated carbocycles. The SMILES string of the molecule is CCc1ccc(NC(=O)NCCc2ccc(C)cc2)cc1. The average molecular weight is 282 g/mol. The molecule has 0 heterocycles. The molecule has 110 valence electrons. The van der Waals surface area contributed by atoms with E-state index in [4.69, 9.17) is 0 Å². The summed E-state index contributed by atoms with van der Waals surface area (Å²) in [5.74, 6) is 0. The molecular weight excluding hydrogens is 260 g/mol. The molecule has 3 nitrogen and oxygen atoms in total. The van der Waals surface area contributed by atoms with Gasteiger partial charge in [0.05, 0.1) is 0 Å². The smallest absolute Gasteiger partial charge is 0.319 e. The number of hydrogen-bond acceptors (Lipinski definition) is 1. The summed E-state index contributed by atoms with van der Waals surface area (Å²) in [5, 5.41) is 5.71. The summed E-state index contributed by atoms with van der Waals surface area (Å²) in [6.45, 7) is 4.81. The van der Waals surface area contributed by atoms with Crippen molar-refractivity contribution < 1.29 is 4.79 Å². The van der Waals surface area contributed by atoms with Gasteiger partial charge in [-0.3, -0.25) is 0 Å². The van der Waals surface area contributed by atoms with Crippen LogP contribution in [0.15, 0.2) is 48.5 Å². The molecule has 0 aromatic heterocycles. The molecule has 2 N–H and O–H groups in total. The summed E-state index contributed by atoms with van der Waals surface area (Å²) in [4.78, 5) is 11.8. The summed E-state index contributed by atoms with van der Waals surface area (Å²) in [6.07, 6.45) is 1.84. The van der Waals surface area contributed by atoms with E-state index < -0.39 is 0 Å². The zero-order valence-corrected chi connectivity index (χ0v) is 12.6. The predicted molar refractivity (Wildman–Crippen MR) is 87.7 cm³/mol. The van der Waals surface area contributed by atoms with E-state index in [9.17, 15) is 4.79 Å². The molecule has 0 spiro atoms. The standard InChI is InChI=1S/C18H22N2O/c1-3-15-8-10-17(11-9-15)20-18(21)19-13-12-16-6-4-14(2)5-7-16/h4-11H,3,12-13H2,1-2H3,(H2,19,20,21). The zero-order valence-electron chi connectivity index (χ0n) is 12.6. The Hall–Kier alpha value is -2.29. The lowest BCUT2D eigenvalue weighted by Gasteiger charge is -2.08. The number of urea groups is 1. The Kier molecular flexibility index (Phi) is 5.38. The highest BCUT2D eigenvalue weighted by molar-refractivity contribution is 5.89. The molecule has 0 aliphatic rings. The van der Waals surface area contributed by atoms with Crippen molar-refractivity contribution in [2.24, 2.45) is 0 Å². The van der Waals surface area contributed by atoms with E-state index in [2.05, 4.69) is 48.7 Å². The average Bonchev–Trinajstić information content (AvgIpc) is 2.50. The maximum Gasteiger partial charge on any atom is 0.319 e. The Balaban J connectivity index is 1.75. The molecule has 21 heavy (non-hydrogen) atoms. The van der Waals surface area contributed by atoms with Crippen LogP contribution in [0.2, 0.25) is 0 Å². The number of benzene rings is 2. The van der Waals surface area contributed by atoms with Gasteiger partial charge < -0.3 is 10.6 Å². The molecule has 0 atom stereocenters. The minimum atomic E-state index is -0.161. The van der Waals surface area contributed by atoms with Gasteiger partial charge >= 0.3 is 6.03 Å². The van der Waals surface area contributed by atoms with Crippen LogP contribution in [0.3, 0.4) is 0 Å². The molecule has 0 aliphatic heterocycles. The Labute approximate surface area is 126 Å². The van der Waals surface area contributed by atoms with Crippen molar-refractivity contribution in [2.45, 2.75) is 26.7 Å². The third-order valence-electron chi connectivity index (χ3n) is 3.44. The van der Waals surface area contributed by atoms with Crippen molar-refractivity contribution in [1.82, 2.24) is 5.32 Å². The third kappa shape index (κ3) is 4.95. The fourth-order valence-electron chi connectivity index (χ4n) is 2.07. The number of rotatable bonds is 5. The van der Waals surface area contributed by atoms with Crippen LogP contribution in [0.25, 0.3) is 0 Å². The molecule has 0 radical (unpaired) electrons. The molecule has 0 saturated heterocycles. The Morgan fingerprint density at radius 2 is 1.57 bits per heavy atom. The van der Waals surface area contributed by atoms with E-state index in [1.165, 1.54) is 16.7 Å². The number of amides is 2. The van der Waals surface area contributed by atoms with Crippen LogP contribution in [0.1, 0.15) is 23.6 Å². The quantitative estimate of drug-likeness (QED) is 0.857. The van der Waals surface area contributed by atoms with Gasteiger partial charge in [-0.25, -0.2) is 4.79 Å². The summed E-state index contributed by atoms with van der Waals surface area (Å²) in [5.41, 5.74) is 4.56. The maximum absolute atomic E-state index is 11.8. The van der Waals surface area contributed by atoms with Gasteiger partial charge in [0.15, 0.2) is 0 Å². The monoisotopic (exact) mass is 282 g/mol. The van der Waals surface area contributed by atoms with Crippen LogP contribution in [-0.4, -0.2) is 12.6 Å². The van der Waals surface area contributed by atoms with Crippen molar-refractivity contribution in [2.75, 3.05) is 11.9 Å². The summed E-state index contributed by atoms with van der Waals surface area (Å²) in [7, 11) is 0. The van der Waals surface area contributed by atoms with Crippen molar-refractivity contribution >= 4 is 11.7 Å². The highest BCUT2D eigenvalue weighted by atomic mass is 16.2. The second-order valence-corrected chi connectivity index (χ2v) is 5.17. The lowest BCUT2D eigenvalue weighted by Crippen LogP contribution is -2.30. The zero-order chi connectivity index (χ0) is 15.1. The van der Waals surface area contributed by atoms with Gasteiger partial charge in [0.1, 0.15) is 0 Å². The van der Waals surface area contributed by atoms with Crippen LogP contribution < -0.4 is 10.6 Å². The number of nitrogens with one attached hydrogen (secondary N) is 2. The lowest BCUT2D eigenvalue weighted by atomic mass is 10.1. The molecule has 2 rings (SSSR count). The molecule has 2 amide bonds. The van der Waals surface area contributed by atoms with E-state index in [1.54, 1.807) is 0 Å². The fraction of sp³-hybridized carbons (Fsp3) is 0.278. The second-order valence-electron chi connectivity index (χ2n) is 5.17. The van der Waals surface area contributed by atoms with E-state index in [1.807, 2.05) is 24.3 Å². The topological polar surface area (TPSA) is 41.1 Å². The molecular formula is C18H22N2O. The molecule has 0 bridgehead atoms. The minimum Gasteiger partial charge on any atom is -0.338 e. The normalized spacial score (nSPS) is 10.2.